The summed E-state index contributed by atoms with van der Waals surface area (Å²) in [5.41, 5.74) is 1.63. The van der Waals surface area contributed by atoms with Crippen LogP contribution in [0.2, 0.25) is 0 Å². The highest BCUT2D eigenvalue weighted by Crippen LogP contribution is 2.39. The number of carbonyl (C=O) groups is 3. The lowest BCUT2D eigenvalue weighted by Crippen LogP contribution is -2.43. The van der Waals surface area contributed by atoms with Gasteiger partial charge in [0.1, 0.15) is 17.3 Å². The summed E-state index contributed by atoms with van der Waals surface area (Å²) < 4.78 is 69.6. The lowest BCUT2D eigenvalue weighted by atomic mass is 9.97. The summed E-state index contributed by atoms with van der Waals surface area (Å²) in [5, 5.41) is 6.25. The second-order valence-corrected chi connectivity index (χ2v) is 12.7. The molecule has 0 radical (unpaired) electrons. The number of aryl methyl sites for hydroxylation is 1. The molecule has 1 atom stereocenters. The normalized spacial score (nSPS) is 16.1. The fourth-order valence-electron chi connectivity index (χ4n) is 6.13. The van der Waals surface area contributed by atoms with Gasteiger partial charge in [-0.05, 0) is 62.6 Å². The van der Waals surface area contributed by atoms with Gasteiger partial charge in [0.05, 0.1) is 18.3 Å². The molecule has 3 amide bonds. The van der Waals surface area contributed by atoms with Gasteiger partial charge in [0.15, 0.2) is 5.82 Å². The van der Waals surface area contributed by atoms with E-state index in [-0.39, 0.29) is 41.2 Å². The average molecular weight is 724 g/mol. The molecule has 2 aliphatic rings. The number of halogens is 5. The Kier molecular flexibility index (Phi) is 10.1. The number of alkyl halides is 3. The Balaban J connectivity index is 1.42. The molecule has 272 valence electrons. The van der Waals surface area contributed by atoms with Gasteiger partial charge in [-0.25, -0.2) is 28.3 Å². The Morgan fingerprint density at radius 3 is 2.42 bits per heavy atom. The number of rotatable bonds is 8. The van der Waals surface area contributed by atoms with Gasteiger partial charge in [0, 0.05) is 42.4 Å². The second kappa shape index (κ2) is 14.5. The second-order valence-electron chi connectivity index (χ2n) is 12.7. The lowest BCUT2D eigenvalue weighted by Gasteiger charge is -2.31. The number of nitrogens with one attached hydrogen (secondary N) is 2. The minimum atomic E-state index is -5.35. The minimum Gasteiger partial charge on any atom is -0.350 e. The fourth-order valence-corrected chi connectivity index (χ4v) is 6.13. The summed E-state index contributed by atoms with van der Waals surface area (Å²) in [7, 11) is 0. The minimum absolute atomic E-state index is 0.0378. The zero-order valence-electron chi connectivity index (χ0n) is 28.3. The number of likely N-dealkylation sites (tertiary alicyclic amines) is 1. The van der Waals surface area contributed by atoms with Gasteiger partial charge in [0.2, 0.25) is 5.95 Å². The number of aromatic nitrogens is 2. The molecule has 1 fully saturated rings. The summed E-state index contributed by atoms with van der Waals surface area (Å²) in [6.45, 7) is 6.36. The number of urea groups is 1. The first kappa shape index (κ1) is 36.2. The van der Waals surface area contributed by atoms with Crippen molar-refractivity contribution in [1.29, 1.82) is 0 Å². The van der Waals surface area contributed by atoms with Crippen LogP contribution in [0.5, 0.6) is 0 Å². The number of hydrogen-bond donors (Lipinski definition) is 2. The smallest absolute Gasteiger partial charge is 0.350 e. The third kappa shape index (κ3) is 7.51. The molecule has 3 heterocycles. The summed E-state index contributed by atoms with van der Waals surface area (Å²) in [4.78, 5) is 55.4. The maximum atomic E-state index is 15.2. The standard InChI is InChI=1S/C36H34F5N7O4/c1-20(2)48(52-33(50)36(39,40)41)32(49)23-13-12-21(3)25(16-23)29-26-17-42-35(51)47(30-27(37)10-7-11-28(30)38)31(26)45-34(44-29)43-24-14-15-46(19-24)18-22-8-5-4-6-9-22/h4-13,16,20,24H,14-15,17-19H2,1-3H3,(H,42,51)(H,43,44,45)/t24-/m0/s1. The third-order valence-corrected chi connectivity index (χ3v) is 8.65. The molecule has 4 aromatic rings. The van der Waals surface area contributed by atoms with Gasteiger partial charge < -0.3 is 15.5 Å². The number of anilines is 3. The molecule has 2 N–H and O–H groups in total. The quantitative estimate of drug-likeness (QED) is 0.153. The van der Waals surface area contributed by atoms with Crippen LogP contribution in [0.15, 0.2) is 66.7 Å². The zero-order valence-corrected chi connectivity index (χ0v) is 28.3. The molecule has 11 nitrogen and oxygen atoms in total. The van der Waals surface area contributed by atoms with Crippen molar-refractivity contribution in [2.75, 3.05) is 23.3 Å². The molecule has 1 saturated heterocycles. The van der Waals surface area contributed by atoms with Crippen LogP contribution < -0.4 is 15.5 Å². The molecule has 16 heteroatoms. The van der Waals surface area contributed by atoms with E-state index in [1.807, 2.05) is 30.3 Å². The summed E-state index contributed by atoms with van der Waals surface area (Å²) in [6.07, 6.45) is -4.64. The molecule has 0 aliphatic carbocycles. The molecule has 0 unspecified atom stereocenters. The van der Waals surface area contributed by atoms with Crippen LogP contribution in [-0.2, 0) is 22.7 Å². The van der Waals surface area contributed by atoms with Gasteiger partial charge >= 0.3 is 18.2 Å². The van der Waals surface area contributed by atoms with Gasteiger partial charge in [-0.2, -0.15) is 23.2 Å². The van der Waals surface area contributed by atoms with Gasteiger partial charge in [-0.15, -0.1) is 0 Å². The van der Waals surface area contributed by atoms with E-state index in [2.05, 4.69) is 25.4 Å². The Morgan fingerprint density at radius 2 is 1.75 bits per heavy atom. The van der Waals surface area contributed by atoms with Crippen LogP contribution >= 0.6 is 0 Å². The molecular weight excluding hydrogens is 689 g/mol. The number of hydrogen-bond acceptors (Lipinski definition) is 8. The molecule has 0 saturated carbocycles. The Labute approximate surface area is 295 Å². The Bertz CT molecular complexity index is 1990. The van der Waals surface area contributed by atoms with Crippen molar-refractivity contribution in [3.63, 3.8) is 0 Å². The first-order valence-electron chi connectivity index (χ1n) is 16.4. The van der Waals surface area contributed by atoms with Crippen molar-refractivity contribution in [2.45, 2.75) is 58.5 Å². The number of amides is 3. The van der Waals surface area contributed by atoms with Crippen LogP contribution in [0.1, 0.15) is 47.3 Å². The van der Waals surface area contributed by atoms with Crippen molar-refractivity contribution < 1.29 is 41.2 Å². The number of para-hydroxylation sites is 1. The van der Waals surface area contributed by atoms with E-state index in [1.54, 1.807) is 6.92 Å². The van der Waals surface area contributed by atoms with Crippen molar-refractivity contribution in [2.24, 2.45) is 0 Å². The van der Waals surface area contributed by atoms with E-state index in [0.29, 0.717) is 35.7 Å². The maximum absolute atomic E-state index is 15.2. The van der Waals surface area contributed by atoms with Crippen molar-refractivity contribution in [3.05, 3.63) is 101 Å². The zero-order chi connectivity index (χ0) is 37.3. The van der Waals surface area contributed by atoms with E-state index in [9.17, 15) is 27.6 Å². The topological polar surface area (TPSA) is 120 Å². The molecular formula is C36H34F5N7O4. The number of carbonyl (C=O) groups excluding carboxylic acids is 3. The highest BCUT2D eigenvalue weighted by Gasteiger charge is 2.44. The van der Waals surface area contributed by atoms with E-state index in [4.69, 9.17) is 4.98 Å². The van der Waals surface area contributed by atoms with E-state index >= 15 is 8.78 Å². The molecule has 3 aromatic carbocycles. The molecule has 0 bridgehead atoms. The Morgan fingerprint density at radius 1 is 1.04 bits per heavy atom. The summed E-state index contributed by atoms with van der Waals surface area (Å²) in [6, 6.07) is 15.4. The SMILES string of the molecule is Cc1ccc(C(=O)N(OC(=O)C(F)(F)F)C(C)C)cc1-c1nc(N[C@H]2CCN(Cc3ccccc3)C2)nc2c1CNC(=O)N2c1c(F)cccc1F. The number of benzene rings is 3. The number of nitrogens with zero attached hydrogens (tertiary/aromatic N) is 5. The van der Waals surface area contributed by atoms with Crippen LogP contribution in [0.25, 0.3) is 11.3 Å². The molecule has 1 aromatic heterocycles. The summed E-state index contributed by atoms with van der Waals surface area (Å²) in [5.74, 6) is -5.71. The predicted octanol–water partition coefficient (Wildman–Crippen LogP) is 6.65. The summed E-state index contributed by atoms with van der Waals surface area (Å²) >= 11 is 0. The van der Waals surface area contributed by atoms with Crippen molar-refractivity contribution in [1.82, 2.24) is 25.2 Å². The van der Waals surface area contributed by atoms with Crippen molar-refractivity contribution >= 4 is 35.4 Å². The first-order chi connectivity index (χ1) is 24.7. The van der Waals surface area contributed by atoms with E-state index in [1.165, 1.54) is 32.0 Å². The monoisotopic (exact) mass is 723 g/mol. The van der Waals surface area contributed by atoms with Gasteiger partial charge in [-0.3, -0.25) is 9.69 Å². The van der Waals surface area contributed by atoms with Crippen LogP contribution in [-0.4, -0.2) is 69.2 Å². The van der Waals surface area contributed by atoms with Gasteiger partial charge in [-0.1, -0.05) is 42.5 Å². The molecule has 2 aliphatic heterocycles. The highest BCUT2D eigenvalue weighted by molar-refractivity contribution is 6.02. The third-order valence-electron chi connectivity index (χ3n) is 8.65. The maximum Gasteiger partial charge on any atom is 0.493 e. The van der Waals surface area contributed by atoms with Gasteiger partial charge in [0.25, 0.3) is 5.91 Å². The largest absolute Gasteiger partial charge is 0.493 e. The number of hydroxylamine groups is 2. The lowest BCUT2D eigenvalue weighted by molar-refractivity contribution is -0.232. The Hall–Kier alpha value is -5.64. The highest BCUT2D eigenvalue weighted by atomic mass is 19.4. The first-order valence-corrected chi connectivity index (χ1v) is 16.4. The molecule has 0 spiro atoms. The van der Waals surface area contributed by atoms with E-state index in [0.717, 1.165) is 35.2 Å². The fraction of sp³-hybridized carbons (Fsp3) is 0.306. The van der Waals surface area contributed by atoms with Crippen molar-refractivity contribution in [3.8, 4) is 11.3 Å². The van der Waals surface area contributed by atoms with Crippen LogP contribution in [0.4, 0.5) is 44.2 Å². The van der Waals surface area contributed by atoms with E-state index < -0.39 is 47.4 Å². The predicted molar refractivity (Wildman–Crippen MR) is 180 cm³/mol. The molecule has 52 heavy (non-hydrogen) atoms. The number of fused-ring (bicyclic) bond motifs is 1. The molecule has 6 rings (SSSR count). The van der Waals surface area contributed by atoms with Crippen LogP contribution in [0.3, 0.4) is 0 Å². The average Bonchev–Trinajstić information content (AvgIpc) is 3.53. The van der Waals surface area contributed by atoms with Crippen LogP contribution in [0, 0.1) is 18.6 Å².